The number of fused-ring (bicyclic) bond motifs is 1. The van der Waals surface area contributed by atoms with Gasteiger partial charge in [-0.2, -0.15) is 5.26 Å². The standard InChI is InChI=1S/C19H11Cl2N/c20-18-10-4-7-14(19(18)21)11-15(12-22)17-9-3-6-13-5-1-2-8-16(13)17/h1-11H/b15-11-. The Morgan fingerprint density at radius 1 is 0.909 bits per heavy atom. The van der Waals surface area contributed by atoms with Gasteiger partial charge in [-0.25, -0.2) is 0 Å². The van der Waals surface area contributed by atoms with Crippen LogP contribution in [-0.2, 0) is 0 Å². The van der Waals surface area contributed by atoms with Crippen LogP contribution in [0.25, 0.3) is 22.4 Å². The fourth-order valence-corrected chi connectivity index (χ4v) is 2.78. The van der Waals surface area contributed by atoms with Gasteiger partial charge in [0.2, 0.25) is 0 Å². The van der Waals surface area contributed by atoms with E-state index in [4.69, 9.17) is 23.2 Å². The first-order valence-corrected chi connectivity index (χ1v) is 7.50. The van der Waals surface area contributed by atoms with E-state index in [1.165, 1.54) is 0 Å². The van der Waals surface area contributed by atoms with Gasteiger partial charge < -0.3 is 0 Å². The zero-order valence-corrected chi connectivity index (χ0v) is 13.1. The molecule has 0 fully saturated rings. The van der Waals surface area contributed by atoms with Crippen LogP contribution in [0, 0.1) is 11.3 Å². The highest BCUT2D eigenvalue weighted by molar-refractivity contribution is 6.43. The maximum Gasteiger partial charge on any atom is 0.0998 e. The van der Waals surface area contributed by atoms with E-state index in [-0.39, 0.29) is 0 Å². The number of halogens is 2. The van der Waals surface area contributed by atoms with Crippen LogP contribution in [0.5, 0.6) is 0 Å². The van der Waals surface area contributed by atoms with Crippen molar-refractivity contribution >= 4 is 45.6 Å². The van der Waals surface area contributed by atoms with Gasteiger partial charge in [0.15, 0.2) is 0 Å². The second-order valence-corrected chi connectivity index (χ2v) is 5.62. The van der Waals surface area contributed by atoms with E-state index in [1.54, 1.807) is 12.1 Å². The number of nitriles is 1. The van der Waals surface area contributed by atoms with Crippen molar-refractivity contribution < 1.29 is 0 Å². The van der Waals surface area contributed by atoms with Gasteiger partial charge in [0.05, 0.1) is 21.7 Å². The van der Waals surface area contributed by atoms with Crippen molar-refractivity contribution in [3.8, 4) is 6.07 Å². The molecule has 0 atom stereocenters. The highest BCUT2D eigenvalue weighted by Gasteiger charge is 2.08. The molecule has 0 bridgehead atoms. The Bertz CT molecular complexity index is 915. The normalized spacial score (nSPS) is 11.4. The summed E-state index contributed by atoms with van der Waals surface area (Å²) in [6, 6.07) is 21.6. The van der Waals surface area contributed by atoms with Crippen molar-refractivity contribution in [2.24, 2.45) is 0 Å². The first kappa shape index (κ1) is 14.7. The zero-order chi connectivity index (χ0) is 15.5. The van der Waals surface area contributed by atoms with Gasteiger partial charge in [-0.1, -0.05) is 77.8 Å². The molecule has 0 heterocycles. The number of benzene rings is 3. The van der Waals surface area contributed by atoms with E-state index in [2.05, 4.69) is 6.07 Å². The summed E-state index contributed by atoms with van der Waals surface area (Å²) in [7, 11) is 0. The first-order valence-electron chi connectivity index (χ1n) is 6.74. The van der Waals surface area contributed by atoms with E-state index >= 15 is 0 Å². The Labute approximate surface area is 139 Å². The fourth-order valence-electron chi connectivity index (χ4n) is 2.42. The highest BCUT2D eigenvalue weighted by Crippen LogP contribution is 2.31. The predicted molar refractivity (Wildman–Crippen MR) is 93.9 cm³/mol. The molecule has 0 spiro atoms. The molecule has 0 aliphatic rings. The number of rotatable bonds is 2. The molecule has 3 aromatic rings. The Morgan fingerprint density at radius 3 is 2.45 bits per heavy atom. The third-order valence-corrected chi connectivity index (χ3v) is 4.32. The topological polar surface area (TPSA) is 23.8 Å². The summed E-state index contributed by atoms with van der Waals surface area (Å²) in [6.07, 6.45) is 1.77. The molecule has 106 valence electrons. The molecule has 3 rings (SSSR count). The van der Waals surface area contributed by atoms with Gasteiger partial charge in [0, 0.05) is 5.56 Å². The van der Waals surface area contributed by atoms with E-state index in [9.17, 15) is 5.26 Å². The molecular weight excluding hydrogens is 313 g/mol. The van der Waals surface area contributed by atoms with Crippen LogP contribution < -0.4 is 0 Å². The zero-order valence-electron chi connectivity index (χ0n) is 11.6. The lowest BCUT2D eigenvalue weighted by Gasteiger charge is -2.06. The molecule has 0 saturated heterocycles. The first-order chi connectivity index (χ1) is 10.7. The number of hydrogen-bond acceptors (Lipinski definition) is 1. The summed E-state index contributed by atoms with van der Waals surface area (Å²) in [4.78, 5) is 0. The molecule has 1 nitrogen and oxygen atoms in total. The lowest BCUT2D eigenvalue weighted by molar-refractivity contribution is 1.53. The van der Waals surface area contributed by atoms with Crippen LogP contribution in [0.2, 0.25) is 10.0 Å². The molecule has 0 aliphatic carbocycles. The van der Waals surface area contributed by atoms with Crippen LogP contribution in [0.3, 0.4) is 0 Å². The monoisotopic (exact) mass is 323 g/mol. The Balaban J connectivity index is 2.21. The fraction of sp³-hybridized carbons (Fsp3) is 0. The number of nitrogens with zero attached hydrogens (tertiary/aromatic N) is 1. The smallest absolute Gasteiger partial charge is 0.0998 e. The molecule has 3 aromatic carbocycles. The van der Waals surface area contributed by atoms with Crippen LogP contribution in [0.15, 0.2) is 60.7 Å². The third kappa shape index (κ3) is 2.72. The van der Waals surface area contributed by atoms with Crippen molar-refractivity contribution in [2.75, 3.05) is 0 Å². The maximum absolute atomic E-state index is 9.57. The van der Waals surface area contributed by atoms with Crippen molar-refractivity contribution in [3.05, 3.63) is 81.8 Å². The number of allylic oxidation sites excluding steroid dienone is 1. The summed E-state index contributed by atoms with van der Waals surface area (Å²) in [5, 5.41) is 12.6. The molecule has 3 heteroatoms. The Kier molecular flexibility index (Phi) is 4.15. The highest BCUT2D eigenvalue weighted by atomic mass is 35.5. The summed E-state index contributed by atoms with van der Waals surface area (Å²) >= 11 is 12.3. The molecule has 0 amide bonds. The van der Waals surface area contributed by atoms with Crippen molar-refractivity contribution in [2.45, 2.75) is 0 Å². The molecule has 0 aliphatic heterocycles. The quantitative estimate of drug-likeness (QED) is 0.406. The SMILES string of the molecule is N#C/C(=C/c1cccc(Cl)c1Cl)c1cccc2ccccc12. The molecule has 0 unspecified atom stereocenters. The second kappa shape index (κ2) is 6.23. The Hall–Kier alpha value is -2.27. The molecular formula is C19H11Cl2N. The van der Waals surface area contributed by atoms with E-state index < -0.39 is 0 Å². The average molecular weight is 324 g/mol. The predicted octanol–water partition coefficient (Wildman–Crippen LogP) is 6.21. The minimum atomic E-state index is 0.456. The second-order valence-electron chi connectivity index (χ2n) is 4.84. The lowest BCUT2D eigenvalue weighted by atomic mass is 9.97. The average Bonchev–Trinajstić information content (AvgIpc) is 2.56. The molecule has 0 aromatic heterocycles. The van der Waals surface area contributed by atoms with Crippen LogP contribution in [0.1, 0.15) is 11.1 Å². The van der Waals surface area contributed by atoms with Gasteiger partial charge in [0.25, 0.3) is 0 Å². The van der Waals surface area contributed by atoms with Crippen molar-refractivity contribution in [1.29, 1.82) is 5.26 Å². The van der Waals surface area contributed by atoms with Crippen molar-refractivity contribution in [1.82, 2.24) is 0 Å². The minimum absolute atomic E-state index is 0.456. The molecule has 22 heavy (non-hydrogen) atoms. The van der Waals surface area contributed by atoms with Crippen LogP contribution in [-0.4, -0.2) is 0 Å². The minimum Gasteiger partial charge on any atom is -0.192 e. The van der Waals surface area contributed by atoms with E-state index in [0.29, 0.717) is 15.6 Å². The van der Waals surface area contributed by atoms with Gasteiger partial charge in [-0.3, -0.25) is 0 Å². The van der Waals surface area contributed by atoms with Crippen LogP contribution >= 0.6 is 23.2 Å². The van der Waals surface area contributed by atoms with Gasteiger partial charge >= 0.3 is 0 Å². The largest absolute Gasteiger partial charge is 0.192 e. The van der Waals surface area contributed by atoms with Crippen molar-refractivity contribution in [3.63, 3.8) is 0 Å². The Morgan fingerprint density at radius 2 is 1.64 bits per heavy atom. The summed E-state index contributed by atoms with van der Waals surface area (Å²) in [6.45, 7) is 0. The molecule has 0 saturated carbocycles. The third-order valence-electron chi connectivity index (χ3n) is 3.48. The molecule has 0 N–H and O–H groups in total. The summed E-state index contributed by atoms with van der Waals surface area (Å²) < 4.78 is 0. The lowest BCUT2D eigenvalue weighted by Crippen LogP contribution is -1.86. The molecule has 0 radical (unpaired) electrons. The summed E-state index contributed by atoms with van der Waals surface area (Å²) in [5.74, 6) is 0. The number of hydrogen-bond donors (Lipinski definition) is 0. The van der Waals surface area contributed by atoms with Crippen LogP contribution in [0.4, 0.5) is 0 Å². The van der Waals surface area contributed by atoms with Gasteiger partial charge in [-0.05, 0) is 28.5 Å². The maximum atomic E-state index is 9.57. The van der Waals surface area contributed by atoms with E-state index in [0.717, 1.165) is 21.9 Å². The summed E-state index contributed by atoms with van der Waals surface area (Å²) in [5.41, 5.74) is 2.18. The van der Waals surface area contributed by atoms with Gasteiger partial charge in [0.1, 0.15) is 0 Å². The van der Waals surface area contributed by atoms with Gasteiger partial charge in [-0.15, -0.1) is 0 Å². The van der Waals surface area contributed by atoms with E-state index in [1.807, 2.05) is 54.6 Å².